The molecule has 0 unspecified atom stereocenters. The number of fused-ring (bicyclic) bond motifs is 1. The van der Waals surface area contributed by atoms with Gasteiger partial charge in [-0.2, -0.15) is 0 Å². The normalized spacial score (nSPS) is 11.2. The molecule has 0 saturated carbocycles. The predicted molar refractivity (Wildman–Crippen MR) is 109 cm³/mol. The molecule has 2 amide bonds. The van der Waals surface area contributed by atoms with Crippen LogP contribution in [0.4, 0.5) is 4.79 Å². The van der Waals surface area contributed by atoms with Gasteiger partial charge in [0.15, 0.2) is 0 Å². The van der Waals surface area contributed by atoms with Crippen LogP contribution < -0.4 is 16.6 Å². The number of nitrogens with one attached hydrogen (secondary N) is 2. The van der Waals surface area contributed by atoms with Gasteiger partial charge in [-0.05, 0) is 17.9 Å². The molecule has 9 nitrogen and oxygen atoms in total. The topological polar surface area (TPSA) is 126 Å². The predicted octanol–water partition coefficient (Wildman–Crippen LogP) is 1.55. The van der Waals surface area contributed by atoms with E-state index in [2.05, 4.69) is 15.3 Å². The number of carbonyl (C=O) groups is 1. The molecule has 0 aliphatic carbocycles. The fourth-order valence-corrected chi connectivity index (χ4v) is 2.86. The highest BCUT2D eigenvalue weighted by Gasteiger charge is 2.16. The first-order valence-corrected chi connectivity index (χ1v) is 8.90. The molecule has 0 atom stereocenters. The van der Waals surface area contributed by atoms with Crippen molar-refractivity contribution < 1.29 is 14.6 Å². The number of carbonyl (C=O) groups excluding carboxylic acids is 1. The van der Waals surface area contributed by atoms with Gasteiger partial charge >= 0.3 is 11.7 Å². The molecule has 0 aliphatic rings. The molecular weight excluding hydrogens is 376 g/mol. The van der Waals surface area contributed by atoms with Crippen LogP contribution in [-0.2, 0) is 4.74 Å². The number of methoxy groups -OCH3 is 1. The second kappa shape index (κ2) is 8.98. The summed E-state index contributed by atoms with van der Waals surface area (Å²) in [4.78, 5) is 42.1. The van der Waals surface area contributed by atoms with Gasteiger partial charge in [-0.3, -0.25) is 9.78 Å². The number of hydrogen-bond acceptors (Lipinski definition) is 5. The summed E-state index contributed by atoms with van der Waals surface area (Å²) in [5, 5.41) is 14.7. The second-order valence-corrected chi connectivity index (χ2v) is 6.17. The Bertz CT molecular complexity index is 1170. The number of urea groups is 1. The zero-order valence-corrected chi connectivity index (χ0v) is 15.7. The van der Waals surface area contributed by atoms with Crippen molar-refractivity contribution in [3.63, 3.8) is 0 Å². The molecule has 9 heteroatoms. The van der Waals surface area contributed by atoms with Gasteiger partial charge < -0.3 is 15.2 Å². The van der Waals surface area contributed by atoms with Gasteiger partial charge in [-0.1, -0.05) is 36.4 Å². The van der Waals surface area contributed by atoms with E-state index in [0.717, 1.165) is 16.2 Å². The molecule has 0 spiro atoms. The minimum Gasteiger partial charge on any atom is -0.493 e. The maximum Gasteiger partial charge on any atom is 0.340 e. The van der Waals surface area contributed by atoms with Crippen LogP contribution in [0.25, 0.3) is 16.5 Å². The molecule has 3 N–H and O–H groups in total. The van der Waals surface area contributed by atoms with Gasteiger partial charge in [0.25, 0.3) is 5.56 Å². The summed E-state index contributed by atoms with van der Waals surface area (Å²) in [7, 11) is 1.56. The first kappa shape index (κ1) is 20.0. The van der Waals surface area contributed by atoms with Crippen LogP contribution in [0.5, 0.6) is 5.88 Å². The average molecular weight is 396 g/mol. The highest BCUT2D eigenvalue weighted by Crippen LogP contribution is 2.24. The maximum atomic E-state index is 12.4. The van der Waals surface area contributed by atoms with Gasteiger partial charge in [-0.25, -0.2) is 19.1 Å². The third-order valence-electron chi connectivity index (χ3n) is 4.24. The Morgan fingerprint density at radius 2 is 2.00 bits per heavy atom. The molecule has 0 bridgehead atoms. The van der Waals surface area contributed by atoms with Crippen molar-refractivity contribution in [1.29, 1.82) is 0 Å². The Kier molecular flexibility index (Phi) is 6.20. The zero-order valence-electron chi connectivity index (χ0n) is 15.7. The Morgan fingerprint density at radius 3 is 2.79 bits per heavy atom. The van der Waals surface area contributed by atoms with E-state index in [9.17, 15) is 19.5 Å². The van der Waals surface area contributed by atoms with Crippen LogP contribution in [0.2, 0.25) is 0 Å². The minimum atomic E-state index is -0.847. The number of rotatable bonds is 6. The SMILES string of the molecule is COCCCNC(=O)N=Cc1c(O)n(-c2cccc3ccccc23)c(=O)[nH]c1=O. The largest absolute Gasteiger partial charge is 0.493 e. The van der Waals surface area contributed by atoms with E-state index in [1.807, 2.05) is 18.2 Å². The van der Waals surface area contributed by atoms with Gasteiger partial charge in [0, 0.05) is 25.6 Å². The fraction of sp³-hybridized carbons (Fsp3) is 0.200. The number of hydrogen-bond donors (Lipinski definition) is 3. The molecular formula is C20H20N4O5. The van der Waals surface area contributed by atoms with Crippen molar-refractivity contribution >= 4 is 23.0 Å². The molecule has 3 rings (SSSR count). The van der Waals surface area contributed by atoms with Crippen LogP contribution in [0.1, 0.15) is 12.0 Å². The van der Waals surface area contributed by atoms with Crippen molar-refractivity contribution in [3.8, 4) is 11.6 Å². The van der Waals surface area contributed by atoms with E-state index in [1.54, 1.807) is 31.4 Å². The van der Waals surface area contributed by atoms with Crippen molar-refractivity contribution in [2.45, 2.75) is 6.42 Å². The van der Waals surface area contributed by atoms with E-state index in [-0.39, 0.29) is 5.56 Å². The summed E-state index contributed by atoms with van der Waals surface area (Å²) in [6.07, 6.45) is 1.54. The number of aliphatic imine (C=N–C) groups is 1. The van der Waals surface area contributed by atoms with E-state index >= 15 is 0 Å². The first-order valence-electron chi connectivity index (χ1n) is 8.90. The Labute approximate surface area is 165 Å². The van der Waals surface area contributed by atoms with Crippen LogP contribution in [-0.4, -0.2) is 47.2 Å². The van der Waals surface area contributed by atoms with Gasteiger partial charge in [-0.15, -0.1) is 0 Å². The molecule has 2 aromatic carbocycles. The summed E-state index contributed by atoms with van der Waals surface area (Å²) in [5.74, 6) is -0.606. The summed E-state index contributed by atoms with van der Waals surface area (Å²) in [6, 6.07) is 11.9. The monoisotopic (exact) mass is 396 g/mol. The standard InChI is InChI=1S/C20H20N4O5/c1-29-11-5-10-21-19(27)22-12-15-17(25)23-20(28)24(18(15)26)16-9-4-7-13-6-2-3-8-14(13)16/h2-4,6-9,12,26H,5,10-11H2,1H3,(H,21,27)(H,23,25,28). The number of aromatic hydroxyl groups is 1. The van der Waals surface area contributed by atoms with Crippen molar-refractivity contribution in [1.82, 2.24) is 14.9 Å². The fourth-order valence-electron chi connectivity index (χ4n) is 2.86. The number of amides is 2. The lowest BCUT2D eigenvalue weighted by molar-refractivity contribution is 0.194. The summed E-state index contributed by atoms with van der Waals surface area (Å²) < 4.78 is 5.85. The average Bonchev–Trinajstić information content (AvgIpc) is 2.71. The quantitative estimate of drug-likeness (QED) is 0.431. The number of H-pyrrole nitrogens is 1. The number of aromatic nitrogens is 2. The number of ether oxygens (including phenoxy) is 1. The van der Waals surface area contributed by atoms with Crippen LogP contribution >= 0.6 is 0 Å². The maximum absolute atomic E-state index is 12.4. The highest BCUT2D eigenvalue weighted by molar-refractivity contribution is 5.93. The minimum absolute atomic E-state index is 0.301. The Morgan fingerprint density at radius 1 is 1.24 bits per heavy atom. The molecule has 3 aromatic rings. The van der Waals surface area contributed by atoms with E-state index in [4.69, 9.17) is 4.74 Å². The van der Waals surface area contributed by atoms with E-state index in [1.165, 1.54) is 0 Å². The van der Waals surface area contributed by atoms with Crippen molar-refractivity contribution in [3.05, 3.63) is 68.9 Å². The molecule has 1 heterocycles. The van der Waals surface area contributed by atoms with Crippen LogP contribution in [0, 0.1) is 0 Å². The van der Waals surface area contributed by atoms with E-state index < -0.39 is 23.2 Å². The van der Waals surface area contributed by atoms with Crippen molar-refractivity contribution in [2.24, 2.45) is 4.99 Å². The smallest absolute Gasteiger partial charge is 0.340 e. The van der Waals surface area contributed by atoms with Gasteiger partial charge in [0.2, 0.25) is 5.88 Å². The Hall–Kier alpha value is -3.72. The molecule has 0 aliphatic heterocycles. The third kappa shape index (κ3) is 4.41. The first-order chi connectivity index (χ1) is 14.0. The van der Waals surface area contributed by atoms with Crippen LogP contribution in [0.3, 0.4) is 0 Å². The van der Waals surface area contributed by atoms with Crippen LogP contribution in [0.15, 0.2) is 57.0 Å². The molecule has 0 radical (unpaired) electrons. The number of aromatic amines is 1. The number of nitrogens with zero attached hydrogens (tertiary/aromatic N) is 2. The van der Waals surface area contributed by atoms with Gasteiger partial charge in [0.05, 0.1) is 11.9 Å². The van der Waals surface area contributed by atoms with E-state index in [0.29, 0.717) is 30.6 Å². The van der Waals surface area contributed by atoms with Crippen molar-refractivity contribution in [2.75, 3.05) is 20.3 Å². The second-order valence-electron chi connectivity index (χ2n) is 6.17. The summed E-state index contributed by atoms with van der Waals surface area (Å²) in [5.41, 5.74) is -1.56. The number of benzene rings is 2. The molecule has 150 valence electrons. The molecule has 1 aromatic heterocycles. The Balaban J connectivity index is 1.99. The summed E-state index contributed by atoms with van der Waals surface area (Å²) >= 11 is 0. The molecule has 0 saturated heterocycles. The van der Waals surface area contributed by atoms with Gasteiger partial charge in [0.1, 0.15) is 5.56 Å². The third-order valence-corrected chi connectivity index (χ3v) is 4.24. The summed E-state index contributed by atoms with van der Waals surface area (Å²) in [6.45, 7) is 0.836. The lowest BCUT2D eigenvalue weighted by Crippen LogP contribution is -2.31. The lowest BCUT2D eigenvalue weighted by atomic mass is 10.1. The highest BCUT2D eigenvalue weighted by atomic mass is 16.5. The molecule has 0 fully saturated rings. The molecule has 29 heavy (non-hydrogen) atoms. The lowest BCUT2D eigenvalue weighted by Gasteiger charge is -2.12. The zero-order chi connectivity index (χ0) is 20.8.